The molecule has 0 bridgehead atoms. The summed E-state index contributed by atoms with van der Waals surface area (Å²) >= 11 is 0. The van der Waals surface area contributed by atoms with E-state index in [4.69, 9.17) is 15.3 Å². The molecule has 0 heterocycles. The van der Waals surface area contributed by atoms with Gasteiger partial charge in [0.1, 0.15) is 5.82 Å². The average Bonchev–Trinajstić information content (AvgIpc) is 2.09. The van der Waals surface area contributed by atoms with E-state index in [1.807, 2.05) is 0 Å². The molecule has 1 aromatic carbocycles. The van der Waals surface area contributed by atoms with Crippen LogP contribution in [0.15, 0.2) is 18.2 Å². The van der Waals surface area contributed by atoms with E-state index in [0.29, 0.717) is 11.3 Å². The third kappa shape index (κ3) is 6.30. The number of halogens is 1. The number of rotatable bonds is 1. The number of carbonyl (C=O) groups excluding carboxylic acids is 1. The van der Waals surface area contributed by atoms with Gasteiger partial charge in [-0.25, -0.2) is 4.39 Å². The monoisotopic (exact) mass is 230 g/mol. The fourth-order valence-corrected chi connectivity index (χ4v) is 0.926. The number of hydrogen-bond acceptors (Lipinski definition) is 3. The van der Waals surface area contributed by atoms with Gasteiger partial charge in [-0.2, -0.15) is 0 Å². The number of aryl methyl sites for hydroxylation is 1. The quantitative estimate of drug-likeness (QED) is 0.567. The largest absolute Gasteiger partial charge is 0.328 e. The highest BCUT2D eigenvalue weighted by atomic mass is 19.1. The van der Waals surface area contributed by atoms with Crippen LogP contribution in [0.3, 0.4) is 0 Å². The molecule has 1 rings (SSSR count). The van der Waals surface area contributed by atoms with Gasteiger partial charge in [-0.05, 0) is 30.7 Å². The minimum Gasteiger partial charge on any atom is -0.328 e. The van der Waals surface area contributed by atoms with Crippen LogP contribution in [0.25, 0.3) is 0 Å². The standard InChI is InChI=1S/C9H10FNO.HNO3/c1-6-5-8(11-7(2)12)3-4-9(6)10;2-1(3)4/h3-5H,1-2H3,(H,11,12);(H,2,3,4). The maximum absolute atomic E-state index is 12.7. The van der Waals surface area contributed by atoms with E-state index in [0.717, 1.165) is 0 Å². The van der Waals surface area contributed by atoms with E-state index < -0.39 is 5.09 Å². The molecule has 6 nitrogen and oxygen atoms in total. The van der Waals surface area contributed by atoms with E-state index in [-0.39, 0.29) is 11.7 Å². The van der Waals surface area contributed by atoms with Gasteiger partial charge in [-0.1, -0.05) is 0 Å². The Bertz CT molecular complexity index is 391. The van der Waals surface area contributed by atoms with Crippen LogP contribution in [0.2, 0.25) is 0 Å². The molecule has 0 aliphatic carbocycles. The molecule has 0 fully saturated rings. The summed E-state index contributed by atoms with van der Waals surface area (Å²) in [6.45, 7) is 3.07. The Morgan fingerprint density at radius 3 is 2.44 bits per heavy atom. The summed E-state index contributed by atoms with van der Waals surface area (Å²) in [6.07, 6.45) is 0. The number of nitrogens with zero attached hydrogens (tertiary/aromatic N) is 1. The minimum absolute atomic E-state index is 0.152. The molecule has 2 N–H and O–H groups in total. The van der Waals surface area contributed by atoms with Gasteiger partial charge < -0.3 is 10.5 Å². The van der Waals surface area contributed by atoms with E-state index in [1.54, 1.807) is 13.0 Å². The van der Waals surface area contributed by atoms with E-state index in [9.17, 15) is 9.18 Å². The molecule has 0 spiro atoms. The zero-order chi connectivity index (χ0) is 12.7. The van der Waals surface area contributed by atoms with Gasteiger partial charge in [0.25, 0.3) is 5.09 Å². The van der Waals surface area contributed by atoms with Crippen LogP contribution in [0.4, 0.5) is 10.1 Å². The molecular formula is C9H11FN2O4. The summed E-state index contributed by atoms with van der Waals surface area (Å²) in [5.41, 5.74) is 1.16. The number of nitrogens with one attached hydrogen (secondary N) is 1. The van der Waals surface area contributed by atoms with E-state index in [2.05, 4.69) is 5.32 Å². The lowest BCUT2D eigenvalue weighted by Gasteiger charge is -2.02. The summed E-state index contributed by atoms with van der Waals surface area (Å²) in [6, 6.07) is 4.46. The smallest absolute Gasteiger partial charge is 0.291 e. The third-order valence-corrected chi connectivity index (χ3v) is 1.48. The van der Waals surface area contributed by atoms with Crippen molar-refractivity contribution in [2.75, 3.05) is 5.32 Å². The molecule has 0 unspecified atom stereocenters. The Balaban J connectivity index is 0.000000487. The first-order valence-electron chi connectivity index (χ1n) is 4.20. The lowest BCUT2D eigenvalue weighted by Crippen LogP contribution is -2.05. The Labute approximate surface area is 90.8 Å². The summed E-state index contributed by atoms with van der Waals surface area (Å²) in [4.78, 5) is 19.0. The van der Waals surface area contributed by atoms with Gasteiger partial charge in [0.2, 0.25) is 5.91 Å². The second-order valence-corrected chi connectivity index (χ2v) is 2.88. The van der Waals surface area contributed by atoms with E-state index >= 15 is 0 Å². The molecule has 16 heavy (non-hydrogen) atoms. The van der Waals surface area contributed by atoms with Crippen LogP contribution in [0, 0.1) is 22.9 Å². The zero-order valence-electron chi connectivity index (χ0n) is 8.73. The summed E-state index contributed by atoms with van der Waals surface area (Å²) in [7, 11) is 0. The van der Waals surface area contributed by atoms with Crippen LogP contribution in [0.1, 0.15) is 12.5 Å². The van der Waals surface area contributed by atoms with Crippen molar-refractivity contribution in [3.8, 4) is 0 Å². The van der Waals surface area contributed by atoms with Gasteiger partial charge in [0, 0.05) is 12.6 Å². The van der Waals surface area contributed by atoms with Crippen LogP contribution in [-0.4, -0.2) is 16.2 Å². The second-order valence-electron chi connectivity index (χ2n) is 2.88. The van der Waals surface area contributed by atoms with Crippen LogP contribution in [-0.2, 0) is 4.79 Å². The molecule has 0 aromatic heterocycles. The average molecular weight is 230 g/mol. The van der Waals surface area contributed by atoms with Gasteiger partial charge in [0.05, 0.1) is 0 Å². The molecule has 0 aliphatic heterocycles. The van der Waals surface area contributed by atoms with Crippen molar-refractivity contribution >= 4 is 11.6 Å². The van der Waals surface area contributed by atoms with Crippen molar-refractivity contribution < 1.29 is 19.5 Å². The first-order chi connectivity index (χ1) is 7.32. The highest BCUT2D eigenvalue weighted by molar-refractivity contribution is 5.88. The molecule has 88 valence electrons. The summed E-state index contributed by atoms with van der Waals surface area (Å²) < 4.78 is 12.7. The Morgan fingerprint density at radius 2 is 2.06 bits per heavy atom. The number of carbonyl (C=O) groups is 1. The Kier molecular flexibility index (Phi) is 5.47. The number of benzene rings is 1. The Hall–Kier alpha value is -2.18. The predicted molar refractivity (Wildman–Crippen MR) is 54.2 cm³/mol. The van der Waals surface area contributed by atoms with Gasteiger partial charge in [0.15, 0.2) is 0 Å². The number of hydrogen-bond donors (Lipinski definition) is 2. The van der Waals surface area contributed by atoms with Crippen molar-refractivity contribution in [3.05, 3.63) is 39.7 Å². The fourth-order valence-electron chi connectivity index (χ4n) is 0.926. The molecule has 1 aromatic rings. The fraction of sp³-hybridized carbons (Fsp3) is 0.222. The maximum atomic E-state index is 12.7. The summed E-state index contributed by atoms with van der Waals surface area (Å²) in [5, 5.41) is 16.2. The highest BCUT2D eigenvalue weighted by Gasteiger charge is 1.99. The summed E-state index contributed by atoms with van der Waals surface area (Å²) in [5.74, 6) is -0.412. The zero-order valence-corrected chi connectivity index (χ0v) is 8.73. The number of anilines is 1. The first kappa shape index (κ1) is 13.8. The topological polar surface area (TPSA) is 92.5 Å². The van der Waals surface area contributed by atoms with Gasteiger partial charge in [-0.3, -0.25) is 4.79 Å². The van der Waals surface area contributed by atoms with Crippen LogP contribution >= 0.6 is 0 Å². The van der Waals surface area contributed by atoms with Crippen molar-refractivity contribution in [1.29, 1.82) is 0 Å². The first-order valence-corrected chi connectivity index (χ1v) is 4.20. The predicted octanol–water partition coefficient (Wildman–Crippen LogP) is 1.74. The minimum atomic E-state index is -1.50. The third-order valence-electron chi connectivity index (χ3n) is 1.48. The lowest BCUT2D eigenvalue weighted by molar-refractivity contribution is -0.742. The molecule has 1 amide bonds. The molecule has 0 saturated heterocycles. The molecule has 0 aliphatic rings. The highest BCUT2D eigenvalue weighted by Crippen LogP contribution is 2.13. The molecule has 7 heteroatoms. The van der Waals surface area contributed by atoms with Gasteiger partial charge >= 0.3 is 0 Å². The maximum Gasteiger partial charge on any atom is 0.291 e. The van der Waals surface area contributed by atoms with Crippen molar-refractivity contribution in [2.24, 2.45) is 0 Å². The van der Waals surface area contributed by atoms with Gasteiger partial charge in [-0.15, -0.1) is 10.1 Å². The molecule has 0 atom stereocenters. The SMILES string of the molecule is CC(=O)Nc1ccc(F)c(C)c1.O=[N+]([O-])O. The lowest BCUT2D eigenvalue weighted by atomic mass is 10.2. The van der Waals surface area contributed by atoms with Crippen LogP contribution < -0.4 is 5.32 Å². The van der Waals surface area contributed by atoms with Crippen molar-refractivity contribution in [2.45, 2.75) is 13.8 Å². The molecule has 0 saturated carbocycles. The van der Waals surface area contributed by atoms with Crippen molar-refractivity contribution in [3.63, 3.8) is 0 Å². The molecule has 0 radical (unpaired) electrons. The molecular weight excluding hydrogens is 219 g/mol. The normalized spacial score (nSPS) is 8.69. The van der Waals surface area contributed by atoms with Crippen LogP contribution in [0.5, 0.6) is 0 Å². The Morgan fingerprint density at radius 1 is 1.56 bits per heavy atom. The van der Waals surface area contributed by atoms with Crippen molar-refractivity contribution in [1.82, 2.24) is 0 Å². The van der Waals surface area contributed by atoms with E-state index in [1.165, 1.54) is 19.1 Å². The second kappa shape index (κ2) is 6.33. The number of amides is 1.